The van der Waals surface area contributed by atoms with Crippen LogP contribution in [0.3, 0.4) is 0 Å². The third-order valence-corrected chi connectivity index (χ3v) is 5.69. The summed E-state index contributed by atoms with van der Waals surface area (Å²) in [6.45, 7) is 0.140. The molecule has 0 saturated carbocycles. The first-order valence-corrected chi connectivity index (χ1v) is 10.7. The fourth-order valence-electron chi connectivity index (χ4n) is 4.39. The van der Waals surface area contributed by atoms with Crippen LogP contribution in [-0.4, -0.2) is 4.57 Å². The lowest BCUT2D eigenvalue weighted by Gasteiger charge is -2.14. The van der Waals surface area contributed by atoms with Gasteiger partial charge in [-0.3, -0.25) is 0 Å². The Kier molecular flexibility index (Phi) is 5.46. The molecule has 0 atom stereocenters. The van der Waals surface area contributed by atoms with E-state index in [0.29, 0.717) is 0 Å². The van der Waals surface area contributed by atoms with Gasteiger partial charge in [0.25, 0.3) is 0 Å². The first-order valence-electron chi connectivity index (χ1n) is 10.7. The highest BCUT2D eigenvalue weighted by molar-refractivity contribution is 6.01. The smallest absolute Gasteiger partial charge is 0.0931 e. The van der Waals surface area contributed by atoms with Crippen LogP contribution in [0.2, 0.25) is 0 Å². The van der Waals surface area contributed by atoms with Crippen LogP contribution in [0.25, 0.3) is 50.3 Å². The van der Waals surface area contributed by atoms with Gasteiger partial charge < -0.3 is 15.2 Å². The van der Waals surface area contributed by atoms with E-state index in [1.165, 1.54) is 0 Å². The summed E-state index contributed by atoms with van der Waals surface area (Å²) in [6, 6.07) is 41.5. The Morgan fingerprint density at radius 3 is 1.09 bits per heavy atom. The van der Waals surface area contributed by atoms with Gasteiger partial charge in [-0.25, -0.2) is 0 Å². The van der Waals surface area contributed by atoms with E-state index < -0.39 is 0 Å². The van der Waals surface area contributed by atoms with E-state index in [9.17, 15) is 5.53 Å². The van der Waals surface area contributed by atoms with Crippen molar-refractivity contribution in [3.8, 4) is 44.8 Å². The van der Waals surface area contributed by atoms with E-state index >= 15 is 0 Å². The molecule has 5 rings (SSSR count). The van der Waals surface area contributed by atoms with Crippen molar-refractivity contribution < 1.29 is 0 Å². The zero-order valence-electron chi connectivity index (χ0n) is 17.6. The lowest BCUT2D eigenvalue weighted by molar-refractivity contribution is 0.749. The van der Waals surface area contributed by atoms with Gasteiger partial charge in [-0.1, -0.05) is 121 Å². The molecule has 0 N–H and O–H groups in total. The van der Waals surface area contributed by atoms with E-state index in [-0.39, 0.29) is 6.67 Å². The first kappa shape index (κ1) is 19.7. The lowest BCUT2D eigenvalue weighted by Crippen LogP contribution is -2.01. The first-order chi connectivity index (χ1) is 15.9. The lowest BCUT2D eigenvalue weighted by atomic mass is 9.91. The average molecular weight is 413 g/mol. The van der Waals surface area contributed by atoms with Crippen LogP contribution in [0.1, 0.15) is 0 Å². The molecule has 0 spiro atoms. The van der Waals surface area contributed by atoms with Crippen LogP contribution in [0, 0.1) is 0 Å². The molecule has 0 bridgehead atoms. The summed E-state index contributed by atoms with van der Waals surface area (Å²) in [5.74, 6) is 0. The molecule has 0 amide bonds. The van der Waals surface area contributed by atoms with E-state index in [1.54, 1.807) is 0 Å². The monoisotopic (exact) mass is 412 g/mol. The molecule has 0 aliphatic rings. The minimum atomic E-state index is 0.140. The van der Waals surface area contributed by atoms with Gasteiger partial charge in [0.1, 0.15) is 0 Å². The molecular weight excluding hydrogens is 390 g/mol. The van der Waals surface area contributed by atoms with Crippen LogP contribution in [0.4, 0.5) is 0 Å². The summed E-state index contributed by atoms with van der Waals surface area (Å²) in [6.07, 6.45) is 0. The normalized spacial score (nSPS) is 10.8. The highest BCUT2D eigenvalue weighted by Crippen LogP contribution is 2.48. The quantitative estimate of drug-likeness (QED) is 0.253. The maximum absolute atomic E-state index is 9.71. The largest absolute Gasteiger partial charge is 0.710 e. The number of hydrogen-bond acceptors (Lipinski definition) is 1. The molecule has 4 aromatic carbocycles. The Hall–Kier alpha value is -4.24. The fourth-order valence-corrected chi connectivity index (χ4v) is 4.39. The molecule has 0 aliphatic heterocycles. The van der Waals surface area contributed by atoms with Gasteiger partial charge in [-0.2, -0.15) is 0 Å². The molecule has 0 saturated heterocycles. The third-order valence-electron chi connectivity index (χ3n) is 5.69. The summed E-state index contributed by atoms with van der Waals surface area (Å²) in [5, 5.41) is 3.58. The van der Waals surface area contributed by atoms with Crippen LogP contribution in [0.15, 0.2) is 126 Å². The molecule has 1 heterocycles. The second-order valence-electron chi connectivity index (χ2n) is 7.62. The summed E-state index contributed by atoms with van der Waals surface area (Å²) in [7, 11) is 0. The van der Waals surface area contributed by atoms with Gasteiger partial charge in [-0.15, -0.1) is 0 Å². The molecule has 154 valence electrons. The number of nitrogens with zero attached hydrogens (tertiary/aromatic N) is 3. The molecule has 0 aliphatic carbocycles. The van der Waals surface area contributed by atoms with Crippen LogP contribution >= 0.6 is 0 Å². The van der Waals surface area contributed by atoms with Crippen molar-refractivity contribution in [3.63, 3.8) is 0 Å². The highest BCUT2D eigenvalue weighted by Gasteiger charge is 2.26. The average Bonchev–Trinajstić information content (AvgIpc) is 3.21. The zero-order chi connectivity index (χ0) is 21.8. The summed E-state index contributed by atoms with van der Waals surface area (Å²) in [5.41, 5.74) is 18.4. The van der Waals surface area contributed by atoms with E-state index in [2.05, 4.69) is 82.5 Å². The Bertz CT molecular complexity index is 1220. The van der Waals surface area contributed by atoms with Crippen molar-refractivity contribution >= 4 is 0 Å². The topological polar surface area (TPSA) is 39.6 Å². The molecule has 3 nitrogen and oxygen atoms in total. The minimum absolute atomic E-state index is 0.140. The second kappa shape index (κ2) is 8.86. The summed E-state index contributed by atoms with van der Waals surface area (Å²) in [4.78, 5) is 0. The molecule has 0 fully saturated rings. The van der Waals surface area contributed by atoms with Crippen molar-refractivity contribution in [2.24, 2.45) is 5.11 Å². The molecule has 5 aromatic rings. The zero-order valence-corrected chi connectivity index (χ0v) is 17.6. The van der Waals surface area contributed by atoms with Crippen molar-refractivity contribution in [1.29, 1.82) is 0 Å². The van der Waals surface area contributed by atoms with Gasteiger partial charge in [-0.05, 0) is 22.3 Å². The Labute approximate surface area is 188 Å². The molecule has 1 aromatic heterocycles. The van der Waals surface area contributed by atoms with Crippen molar-refractivity contribution in [2.45, 2.75) is 6.67 Å². The van der Waals surface area contributed by atoms with Gasteiger partial charge in [0.2, 0.25) is 0 Å². The molecule has 3 heteroatoms. The van der Waals surface area contributed by atoms with Crippen molar-refractivity contribution in [3.05, 3.63) is 127 Å². The molecule has 0 radical (unpaired) electrons. The fraction of sp³-hybridized carbons (Fsp3) is 0.0345. The maximum Gasteiger partial charge on any atom is 0.0931 e. The summed E-state index contributed by atoms with van der Waals surface area (Å²) >= 11 is 0. The summed E-state index contributed by atoms with van der Waals surface area (Å²) < 4.78 is 2.12. The SMILES string of the molecule is [N-]=NCn1c(-c2ccccc2)c(-c2ccccc2)c(-c2ccccc2)c1-c1ccccc1. The number of aromatic nitrogens is 1. The number of hydrogen-bond donors (Lipinski definition) is 0. The minimum Gasteiger partial charge on any atom is -0.710 e. The maximum atomic E-state index is 9.71. The number of rotatable bonds is 6. The van der Waals surface area contributed by atoms with Crippen LogP contribution < -0.4 is 0 Å². The molecule has 0 unspecified atom stereocenters. The van der Waals surface area contributed by atoms with E-state index in [4.69, 9.17) is 0 Å². The Balaban J connectivity index is 1.98. The van der Waals surface area contributed by atoms with Crippen molar-refractivity contribution in [1.82, 2.24) is 4.57 Å². The van der Waals surface area contributed by atoms with Gasteiger partial charge in [0, 0.05) is 11.1 Å². The Morgan fingerprint density at radius 2 is 0.781 bits per heavy atom. The van der Waals surface area contributed by atoms with Gasteiger partial charge in [0.05, 0.1) is 18.1 Å². The van der Waals surface area contributed by atoms with Gasteiger partial charge >= 0.3 is 0 Å². The number of benzene rings is 4. The highest BCUT2D eigenvalue weighted by atomic mass is 15.2. The second-order valence-corrected chi connectivity index (χ2v) is 7.62. The van der Waals surface area contributed by atoms with E-state index in [0.717, 1.165) is 44.8 Å². The molecular formula is C29H22N3-. The van der Waals surface area contributed by atoms with E-state index in [1.807, 2.05) is 48.5 Å². The van der Waals surface area contributed by atoms with Crippen LogP contribution in [0.5, 0.6) is 0 Å². The van der Waals surface area contributed by atoms with Gasteiger partial charge in [0.15, 0.2) is 0 Å². The van der Waals surface area contributed by atoms with Crippen LogP contribution in [-0.2, 0) is 6.67 Å². The predicted molar refractivity (Wildman–Crippen MR) is 132 cm³/mol. The van der Waals surface area contributed by atoms with Crippen molar-refractivity contribution in [2.75, 3.05) is 0 Å². The third kappa shape index (κ3) is 3.54. The molecule has 32 heavy (non-hydrogen) atoms. The standard InChI is InChI=1S/C29H22N3/c30-31-21-32-28(24-17-9-3-10-18-24)26(22-13-5-1-6-14-22)27(23-15-7-2-8-16-23)29(32)25-19-11-4-12-20-25/h1-20H,21H2/q-1. The predicted octanol–water partition coefficient (Wildman–Crippen LogP) is 8.14. The Morgan fingerprint density at radius 1 is 0.469 bits per heavy atom.